The molecule has 1 atom stereocenters. The number of anilines is 1. The van der Waals surface area contributed by atoms with Crippen molar-refractivity contribution in [1.82, 2.24) is 20.5 Å². The lowest BCUT2D eigenvalue weighted by Crippen LogP contribution is -2.49. The van der Waals surface area contributed by atoms with Crippen LogP contribution < -0.4 is 10.2 Å². The zero-order chi connectivity index (χ0) is 15.0. The van der Waals surface area contributed by atoms with Crippen molar-refractivity contribution in [2.75, 3.05) is 24.5 Å². The topological polar surface area (TPSA) is 56.8 Å². The van der Waals surface area contributed by atoms with Gasteiger partial charge in [-0.05, 0) is 19.1 Å². The van der Waals surface area contributed by atoms with E-state index in [-0.39, 0.29) is 11.4 Å². The van der Waals surface area contributed by atoms with E-state index in [9.17, 15) is 8.78 Å². The number of benzene rings is 1. The lowest BCUT2D eigenvalue weighted by atomic mass is 10.2. The normalized spacial score (nSPS) is 19.0. The Labute approximate surface area is 128 Å². The maximum atomic E-state index is 13.9. The van der Waals surface area contributed by atoms with Crippen LogP contribution in [0.2, 0.25) is 0 Å². The molecule has 0 unspecified atom stereocenters. The molecule has 8 heteroatoms. The Morgan fingerprint density at radius 2 is 2.05 bits per heavy atom. The highest BCUT2D eigenvalue weighted by atomic mass is 79.9. The number of aromatic nitrogens is 3. The molecule has 2 N–H and O–H groups in total. The van der Waals surface area contributed by atoms with Gasteiger partial charge in [-0.2, -0.15) is 4.98 Å². The number of piperazine rings is 1. The number of rotatable bonds is 2. The van der Waals surface area contributed by atoms with Gasteiger partial charge in [0.2, 0.25) is 5.95 Å². The van der Waals surface area contributed by atoms with E-state index >= 15 is 0 Å². The highest BCUT2D eigenvalue weighted by Gasteiger charge is 2.22. The number of hydrogen-bond donors (Lipinski definition) is 2. The first-order chi connectivity index (χ1) is 10.0. The summed E-state index contributed by atoms with van der Waals surface area (Å²) in [5.41, 5.74) is -0.194. The number of H-pyrrole nitrogens is 1. The molecule has 0 amide bonds. The van der Waals surface area contributed by atoms with Gasteiger partial charge in [0.25, 0.3) is 0 Å². The van der Waals surface area contributed by atoms with Crippen LogP contribution in [0, 0.1) is 11.6 Å². The van der Waals surface area contributed by atoms with Crippen molar-refractivity contribution in [2.24, 2.45) is 0 Å². The van der Waals surface area contributed by atoms with Crippen LogP contribution >= 0.6 is 15.9 Å². The predicted molar refractivity (Wildman–Crippen MR) is 79.1 cm³/mol. The molecule has 21 heavy (non-hydrogen) atoms. The number of nitrogens with zero attached hydrogens (tertiary/aromatic N) is 3. The van der Waals surface area contributed by atoms with Crippen LogP contribution in [0.25, 0.3) is 11.4 Å². The van der Waals surface area contributed by atoms with Crippen LogP contribution in [-0.4, -0.2) is 40.9 Å². The van der Waals surface area contributed by atoms with Gasteiger partial charge in [-0.15, -0.1) is 5.10 Å². The number of aromatic amines is 1. The van der Waals surface area contributed by atoms with Crippen molar-refractivity contribution in [3.63, 3.8) is 0 Å². The van der Waals surface area contributed by atoms with Crippen LogP contribution in [0.15, 0.2) is 16.6 Å². The monoisotopic (exact) mass is 357 g/mol. The fourth-order valence-corrected chi connectivity index (χ4v) is 2.79. The summed E-state index contributed by atoms with van der Waals surface area (Å²) in [6.07, 6.45) is 0. The Morgan fingerprint density at radius 3 is 2.71 bits per heavy atom. The quantitative estimate of drug-likeness (QED) is 0.865. The van der Waals surface area contributed by atoms with E-state index < -0.39 is 11.6 Å². The van der Waals surface area contributed by atoms with E-state index in [0.717, 1.165) is 19.6 Å². The van der Waals surface area contributed by atoms with Gasteiger partial charge in [-0.3, -0.25) is 5.10 Å². The summed E-state index contributed by atoms with van der Waals surface area (Å²) in [7, 11) is 0. The van der Waals surface area contributed by atoms with Gasteiger partial charge in [0.15, 0.2) is 5.82 Å². The van der Waals surface area contributed by atoms with Crippen LogP contribution in [0.3, 0.4) is 0 Å². The van der Waals surface area contributed by atoms with Crippen molar-refractivity contribution in [3.05, 3.63) is 28.2 Å². The minimum atomic E-state index is -0.682. The average molecular weight is 358 g/mol. The lowest BCUT2D eigenvalue weighted by molar-refractivity contribution is 0.480. The summed E-state index contributed by atoms with van der Waals surface area (Å²) in [6.45, 7) is 4.40. The summed E-state index contributed by atoms with van der Waals surface area (Å²) in [6, 6.07) is 2.72. The first-order valence-corrected chi connectivity index (χ1v) is 7.39. The van der Waals surface area contributed by atoms with Crippen LogP contribution in [0.1, 0.15) is 6.92 Å². The van der Waals surface area contributed by atoms with Gasteiger partial charge < -0.3 is 10.2 Å². The van der Waals surface area contributed by atoms with Gasteiger partial charge in [0.1, 0.15) is 11.6 Å². The van der Waals surface area contributed by atoms with Gasteiger partial charge >= 0.3 is 0 Å². The van der Waals surface area contributed by atoms with Crippen molar-refractivity contribution in [3.8, 4) is 11.4 Å². The Bertz CT molecular complexity index is 637. The van der Waals surface area contributed by atoms with E-state index in [1.54, 1.807) is 0 Å². The van der Waals surface area contributed by atoms with E-state index in [1.165, 1.54) is 12.1 Å². The Hall–Kier alpha value is -1.54. The maximum absolute atomic E-state index is 13.9. The molecule has 0 saturated carbocycles. The molecular weight excluding hydrogens is 344 g/mol. The molecule has 2 heterocycles. The molecule has 0 spiro atoms. The fourth-order valence-electron chi connectivity index (χ4n) is 2.39. The first-order valence-electron chi connectivity index (χ1n) is 6.60. The van der Waals surface area contributed by atoms with E-state index in [1.807, 2.05) is 4.90 Å². The van der Waals surface area contributed by atoms with Crippen molar-refractivity contribution in [1.29, 1.82) is 0 Å². The van der Waals surface area contributed by atoms with Crippen LogP contribution in [0.5, 0.6) is 0 Å². The molecule has 0 aliphatic carbocycles. The van der Waals surface area contributed by atoms with E-state index in [4.69, 9.17) is 0 Å². The minimum Gasteiger partial charge on any atom is -0.337 e. The predicted octanol–water partition coefficient (Wildman–Crippen LogP) is 2.31. The zero-order valence-electron chi connectivity index (χ0n) is 11.3. The fraction of sp³-hybridized carbons (Fsp3) is 0.385. The Kier molecular flexibility index (Phi) is 3.90. The second-order valence-corrected chi connectivity index (χ2v) is 5.95. The van der Waals surface area contributed by atoms with Crippen molar-refractivity contribution >= 4 is 21.9 Å². The molecule has 1 saturated heterocycles. The van der Waals surface area contributed by atoms with Crippen molar-refractivity contribution < 1.29 is 8.78 Å². The molecule has 1 aromatic heterocycles. The molecule has 1 aliphatic rings. The van der Waals surface area contributed by atoms with Crippen LogP contribution in [-0.2, 0) is 0 Å². The molecule has 0 bridgehead atoms. The van der Waals surface area contributed by atoms with E-state index in [0.29, 0.717) is 16.5 Å². The molecule has 0 radical (unpaired) electrons. The summed E-state index contributed by atoms with van der Waals surface area (Å²) in [5, 5.41) is 10.0. The molecule has 1 aliphatic heterocycles. The molecule has 2 aromatic rings. The zero-order valence-corrected chi connectivity index (χ0v) is 12.9. The van der Waals surface area contributed by atoms with E-state index in [2.05, 4.69) is 43.4 Å². The Morgan fingerprint density at radius 1 is 1.33 bits per heavy atom. The second kappa shape index (κ2) is 5.69. The average Bonchev–Trinajstić information content (AvgIpc) is 2.87. The smallest absolute Gasteiger partial charge is 0.245 e. The number of nitrogens with one attached hydrogen (secondary N) is 2. The van der Waals surface area contributed by atoms with Gasteiger partial charge in [-0.1, -0.05) is 15.9 Å². The molecule has 1 fully saturated rings. The minimum absolute atomic E-state index is 0.0960. The van der Waals surface area contributed by atoms with Gasteiger partial charge in [0.05, 0.1) is 5.56 Å². The van der Waals surface area contributed by atoms with Gasteiger partial charge in [0, 0.05) is 30.1 Å². The number of halogens is 3. The summed E-state index contributed by atoms with van der Waals surface area (Å²) in [5.74, 6) is -0.810. The SMILES string of the molecule is C[C@H]1CN(c2n[nH]c(-c3c(F)cc(Br)cc3F)n2)CCN1. The third-order valence-corrected chi connectivity index (χ3v) is 3.83. The summed E-state index contributed by atoms with van der Waals surface area (Å²) in [4.78, 5) is 6.21. The molecule has 112 valence electrons. The highest BCUT2D eigenvalue weighted by molar-refractivity contribution is 9.10. The lowest BCUT2D eigenvalue weighted by Gasteiger charge is -2.30. The van der Waals surface area contributed by atoms with Crippen molar-refractivity contribution in [2.45, 2.75) is 13.0 Å². The second-order valence-electron chi connectivity index (χ2n) is 5.03. The summed E-state index contributed by atoms with van der Waals surface area (Å²) < 4.78 is 28.2. The molecule has 3 rings (SSSR count). The summed E-state index contributed by atoms with van der Waals surface area (Å²) >= 11 is 3.05. The van der Waals surface area contributed by atoms with Gasteiger partial charge in [-0.25, -0.2) is 8.78 Å². The largest absolute Gasteiger partial charge is 0.337 e. The third kappa shape index (κ3) is 2.91. The molecule has 5 nitrogen and oxygen atoms in total. The molecule has 1 aromatic carbocycles. The first kappa shape index (κ1) is 14.4. The third-order valence-electron chi connectivity index (χ3n) is 3.37. The molecular formula is C13H14BrF2N5. The number of hydrogen-bond acceptors (Lipinski definition) is 4. The maximum Gasteiger partial charge on any atom is 0.245 e. The van der Waals surface area contributed by atoms with Crippen LogP contribution in [0.4, 0.5) is 14.7 Å². The standard InChI is InChI=1S/C13H14BrF2N5/c1-7-6-21(3-2-17-7)13-18-12(19-20-13)11-9(15)4-8(14)5-10(11)16/h4-5,7,17H,2-3,6H2,1H3,(H,18,19,20)/t7-/m0/s1. The highest BCUT2D eigenvalue weighted by Crippen LogP contribution is 2.27. The Balaban J connectivity index is 1.92.